The highest BCUT2D eigenvalue weighted by molar-refractivity contribution is 5.89. The molecule has 0 bridgehead atoms. The van der Waals surface area contributed by atoms with E-state index in [1.807, 2.05) is 18.2 Å². The second kappa shape index (κ2) is 10.7. The molecule has 8 heteroatoms. The molecule has 8 nitrogen and oxygen atoms in total. The summed E-state index contributed by atoms with van der Waals surface area (Å²) in [7, 11) is 0. The third kappa shape index (κ3) is 4.59. The topological polar surface area (TPSA) is 123 Å². The average Bonchev–Trinajstić information content (AvgIpc) is 3.37. The van der Waals surface area contributed by atoms with Crippen molar-refractivity contribution in [2.75, 3.05) is 0 Å². The number of hydrogen-bond acceptors (Lipinski definition) is 8. The van der Waals surface area contributed by atoms with Gasteiger partial charge in [0.05, 0.1) is 17.3 Å². The Bertz CT molecular complexity index is 1400. The fourth-order valence-electron chi connectivity index (χ4n) is 13.3. The van der Waals surface area contributed by atoms with Crippen molar-refractivity contribution in [1.82, 2.24) is 0 Å². The zero-order chi connectivity index (χ0) is 33.9. The summed E-state index contributed by atoms with van der Waals surface area (Å²) in [6, 6.07) is 9.22. The minimum absolute atomic E-state index is 0.00905. The monoisotopic (exact) mass is 652 g/mol. The van der Waals surface area contributed by atoms with Gasteiger partial charge in [0.25, 0.3) is 0 Å². The highest BCUT2D eigenvalue weighted by atomic mass is 16.6. The molecule has 7 rings (SSSR count). The SMILES string of the molecule is CC(=O)O[C@@H]1C[C@H]2C(C)(C)[C@H](OC(=O)c3ccccc3)CC[C@]2(C)[C@H]2CC[C@]34C[C@]3(CC[C@H]4[C@H]3CC(C(O)C(C)(C)O)OC3O)[C@@]21C. The number of hydrogen-bond donors (Lipinski definition) is 3. The van der Waals surface area contributed by atoms with E-state index < -0.39 is 24.1 Å². The maximum absolute atomic E-state index is 13.2. The fraction of sp³-hybridized carbons (Fsp3) is 0.795. The Kier molecular flexibility index (Phi) is 7.66. The van der Waals surface area contributed by atoms with E-state index in [9.17, 15) is 24.9 Å². The fourth-order valence-corrected chi connectivity index (χ4v) is 13.3. The van der Waals surface area contributed by atoms with Gasteiger partial charge in [-0.1, -0.05) is 45.9 Å². The van der Waals surface area contributed by atoms with Gasteiger partial charge in [0, 0.05) is 23.7 Å². The van der Waals surface area contributed by atoms with Crippen molar-refractivity contribution in [3.63, 3.8) is 0 Å². The molecule has 0 radical (unpaired) electrons. The van der Waals surface area contributed by atoms with Gasteiger partial charge >= 0.3 is 11.9 Å². The molecule has 1 aromatic rings. The van der Waals surface area contributed by atoms with Crippen molar-refractivity contribution in [2.45, 2.75) is 143 Å². The first-order valence-electron chi connectivity index (χ1n) is 18.1. The van der Waals surface area contributed by atoms with Crippen LogP contribution in [-0.2, 0) is 19.0 Å². The molecule has 0 amide bonds. The van der Waals surface area contributed by atoms with Gasteiger partial charge in [0.2, 0.25) is 0 Å². The van der Waals surface area contributed by atoms with Crippen molar-refractivity contribution in [2.24, 2.45) is 50.7 Å². The van der Waals surface area contributed by atoms with Gasteiger partial charge < -0.3 is 29.5 Å². The number of esters is 2. The Morgan fingerprint density at radius 1 is 0.936 bits per heavy atom. The predicted molar refractivity (Wildman–Crippen MR) is 175 cm³/mol. The summed E-state index contributed by atoms with van der Waals surface area (Å²) in [6.45, 7) is 14.1. The summed E-state index contributed by atoms with van der Waals surface area (Å²) < 4.78 is 18.6. The number of rotatable bonds is 6. The molecule has 5 saturated carbocycles. The van der Waals surface area contributed by atoms with E-state index in [-0.39, 0.29) is 69.0 Å². The number of fused-ring (bicyclic) bond motifs is 3. The molecule has 1 aromatic carbocycles. The van der Waals surface area contributed by atoms with Crippen LogP contribution in [0.5, 0.6) is 0 Å². The number of aliphatic hydroxyl groups is 3. The lowest BCUT2D eigenvalue weighted by atomic mass is 9.37. The zero-order valence-corrected chi connectivity index (χ0v) is 29.3. The molecule has 6 fully saturated rings. The highest BCUT2D eigenvalue weighted by Gasteiger charge is 2.86. The highest BCUT2D eigenvalue weighted by Crippen LogP contribution is 2.91. The number of carbonyl (C=O) groups excluding carboxylic acids is 2. The van der Waals surface area contributed by atoms with Crippen LogP contribution in [-0.4, -0.2) is 63.6 Å². The maximum Gasteiger partial charge on any atom is 0.338 e. The van der Waals surface area contributed by atoms with Crippen LogP contribution >= 0.6 is 0 Å². The van der Waals surface area contributed by atoms with Gasteiger partial charge in [-0.15, -0.1) is 0 Å². The molecule has 13 atom stereocenters. The van der Waals surface area contributed by atoms with Gasteiger partial charge in [0.1, 0.15) is 18.3 Å². The van der Waals surface area contributed by atoms with Crippen LogP contribution in [0.1, 0.15) is 117 Å². The average molecular weight is 653 g/mol. The predicted octanol–water partition coefficient (Wildman–Crippen LogP) is 6.05. The van der Waals surface area contributed by atoms with E-state index in [4.69, 9.17) is 14.2 Å². The molecule has 1 aliphatic heterocycles. The Hall–Kier alpha value is -2.00. The Balaban J connectivity index is 1.18. The van der Waals surface area contributed by atoms with Crippen LogP contribution in [0, 0.1) is 50.7 Å². The van der Waals surface area contributed by atoms with Crippen LogP contribution in [0.4, 0.5) is 0 Å². The molecule has 3 N–H and O–H groups in total. The smallest absolute Gasteiger partial charge is 0.338 e. The lowest BCUT2D eigenvalue weighted by Crippen LogP contribution is -2.67. The van der Waals surface area contributed by atoms with Gasteiger partial charge in [-0.3, -0.25) is 4.79 Å². The summed E-state index contributed by atoms with van der Waals surface area (Å²) in [5, 5.41) is 32.5. The third-order valence-corrected chi connectivity index (χ3v) is 15.4. The largest absolute Gasteiger partial charge is 0.462 e. The summed E-state index contributed by atoms with van der Waals surface area (Å²) >= 11 is 0. The lowest BCUT2D eigenvalue weighted by molar-refractivity contribution is -0.249. The first kappa shape index (κ1) is 33.5. The number of ether oxygens (including phenoxy) is 3. The van der Waals surface area contributed by atoms with Crippen molar-refractivity contribution in [3.05, 3.63) is 35.9 Å². The normalized spacial score (nSPS) is 47.1. The van der Waals surface area contributed by atoms with Crippen LogP contribution < -0.4 is 0 Å². The molecule has 1 saturated heterocycles. The van der Waals surface area contributed by atoms with Gasteiger partial charge in [-0.2, -0.15) is 0 Å². The molecule has 47 heavy (non-hydrogen) atoms. The van der Waals surface area contributed by atoms with Crippen molar-refractivity contribution in [1.29, 1.82) is 0 Å². The van der Waals surface area contributed by atoms with E-state index in [0.29, 0.717) is 17.9 Å². The second-order valence-electron chi connectivity index (χ2n) is 18.0. The van der Waals surface area contributed by atoms with Crippen LogP contribution in [0.2, 0.25) is 0 Å². The maximum atomic E-state index is 13.2. The lowest BCUT2D eigenvalue weighted by Gasteiger charge is -2.68. The Morgan fingerprint density at radius 2 is 1.64 bits per heavy atom. The van der Waals surface area contributed by atoms with Gasteiger partial charge in [-0.05, 0) is 118 Å². The standard InChI is InChI=1S/C39H56O8/c1-22(40)45-30-20-28-34(2,3)29(47-32(42)23-11-9-8-10-12-23)15-16-36(28,6)27-14-17-38-21-39(38,37(27,30)7)18-13-25(38)24-19-26(46-33(24)43)31(41)35(4,5)44/h8-12,24-31,33,41,43-44H,13-21H2,1-7H3/t24-,25+,26?,27-,28+,29-,30-,31?,33?,36-,37+,38-,39-/m1/s1. The minimum Gasteiger partial charge on any atom is -0.462 e. The summed E-state index contributed by atoms with van der Waals surface area (Å²) in [5.74, 6) is 0.165. The molecule has 6 aliphatic rings. The van der Waals surface area contributed by atoms with Gasteiger partial charge in [0.15, 0.2) is 6.29 Å². The molecular formula is C39H56O8. The molecule has 1 heterocycles. The summed E-state index contributed by atoms with van der Waals surface area (Å²) in [4.78, 5) is 26.0. The number of benzene rings is 1. The Labute approximate surface area is 279 Å². The van der Waals surface area contributed by atoms with E-state index >= 15 is 0 Å². The first-order chi connectivity index (χ1) is 21.9. The number of carbonyl (C=O) groups is 2. The third-order valence-electron chi connectivity index (χ3n) is 15.4. The van der Waals surface area contributed by atoms with Crippen molar-refractivity contribution in [3.8, 4) is 0 Å². The zero-order valence-electron chi connectivity index (χ0n) is 29.3. The summed E-state index contributed by atoms with van der Waals surface area (Å²) in [6.07, 6.45) is 5.09. The molecule has 260 valence electrons. The summed E-state index contributed by atoms with van der Waals surface area (Å²) in [5.41, 5.74) is -1.25. The number of aliphatic hydroxyl groups excluding tert-OH is 2. The Morgan fingerprint density at radius 3 is 2.30 bits per heavy atom. The van der Waals surface area contributed by atoms with Crippen LogP contribution in [0.25, 0.3) is 0 Å². The molecular weight excluding hydrogens is 596 g/mol. The van der Waals surface area contributed by atoms with E-state index in [2.05, 4.69) is 27.7 Å². The second-order valence-corrected chi connectivity index (χ2v) is 18.0. The molecule has 0 spiro atoms. The van der Waals surface area contributed by atoms with Crippen LogP contribution in [0.3, 0.4) is 0 Å². The molecule has 0 aromatic heterocycles. The van der Waals surface area contributed by atoms with Crippen molar-refractivity contribution < 1.29 is 39.1 Å². The molecule has 5 aliphatic carbocycles. The minimum atomic E-state index is -1.32. The molecule has 3 unspecified atom stereocenters. The van der Waals surface area contributed by atoms with Crippen LogP contribution in [0.15, 0.2) is 30.3 Å². The first-order valence-corrected chi connectivity index (χ1v) is 18.1. The van der Waals surface area contributed by atoms with E-state index in [0.717, 1.165) is 51.4 Å². The van der Waals surface area contributed by atoms with Gasteiger partial charge in [-0.25, -0.2) is 4.79 Å². The van der Waals surface area contributed by atoms with Crippen molar-refractivity contribution >= 4 is 11.9 Å². The van der Waals surface area contributed by atoms with E-state index in [1.165, 1.54) is 6.92 Å². The van der Waals surface area contributed by atoms with E-state index in [1.54, 1.807) is 26.0 Å². The quantitative estimate of drug-likeness (QED) is 0.318.